The molecule has 1 N–H and O–H groups in total. The van der Waals surface area contributed by atoms with Crippen LogP contribution >= 0.6 is 0 Å². The SMILES string of the molecule is COc1ccc(CN2CCC(c3ccc(CNC(=O)c4cnc5ccccc5c4)cc3)CC2)cc1OC. The number of piperidine rings is 1. The van der Waals surface area contributed by atoms with Gasteiger partial charge in [-0.1, -0.05) is 48.5 Å². The first-order chi connectivity index (χ1) is 18.1. The molecule has 1 aliphatic heterocycles. The van der Waals surface area contributed by atoms with E-state index in [1.165, 1.54) is 11.1 Å². The third kappa shape index (κ3) is 5.92. The third-order valence-electron chi connectivity index (χ3n) is 7.20. The smallest absolute Gasteiger partial charge is 0.253 e. The highest BCUT2D eigenvalue weighted by Gasteiger charge is 2.21. The zero-order valence-corrected chi connectivity index (χ0v) is 21.4. The van der Waals surface area contributed by atoms with Gasteiger partial charge in [-0.3, -0.25) is 14.7 Å². The van der Waals surface area contributed by atoms with Crippen LogP contribution < -0.4 is 14.8 Å². The van der Waals surface area contributed by atoms with Crippen LogP contribution in [0.1, 0.15) is 45.8 Å². The molecule has 6 heteroatoms. The number of likely N-dealkylation sites (tertiary alicyclic amines) is 1. The number of amides is 1. The zero-order chi connectivity index (χ0) is 25.6. The number of benzene rings is 3. The lowest BCUT2D eigenvalue weighted by Crippen LogP contribution is -2.32. The van der Waals surface area contributed by atoms with Crippen LogP contribution in [-0.4, -0.2) is 43.1 Å². The van der Waals surface area contributed by atoms with Gasteiger partial charge >= 0.3 is 0 Å². The van der Waals surface area contributed by atoms with Crippen LogP contribution in [0, 0.1) is 0 Å². The molecule has 5 rings (SSSR count). The fourth-order valence-electron chi connectivity index (χ4n) is 5.05. The molecule has 2 heterocycles. The molecule has 4 aromatic rings. The number of rotatable bonds is 8. The number of ether oxygens (including phenoxy) is 2. The Bertz CT molecular complexity index is 1360. The third-order valence-corrected chi connectivity index (χ3v) is 7.20. The molecule has 1 aromatic heterocycles. The van der Waals surface area contributed by atoms with Gasteiger partial charge in [0, 0.05) is 24.7 Å². The number of pyridine rings is 1. The molecule has 37 heavy (non-hydrogen) atoms. The summed E-state index contributed by atoms with van der Waals surface area (Å²) in [5, 5.41) is 3.99. The highest BCUT2D eigenvalue weighted by Crippen LogP contribution is 2.31. The standard InChI is InChI=1S/C31H33N3O3/c1-36-29-12-9-23(17-30(29)37-2)21-34-15-13-25(14-16-34)24-10-7-22(8-11-24)19-33-31(35)27-18-26-5-3-4-6-28(26)32-20-27/h3-12,17-18,20,25H,13-16,19,21H2,1-2H3,(H,33,35). The fraction of sp³-hybridized carbons (Fsp3) is 0.290. The predicted molar refractivity (Wildman–Crippen MR) is 146 cm³/mol. The molecule has 0 radical (unpaired) electrons. The van der Waals surface area contributed by atoms with E-state index in [-0.39, 0.29) is 5.91 Å². The summed E-state index contributed by atoms with van der Waals surface area (Å²) >= 11 is 0. The van der Waals surface area contributed by atoms with E-state index in [1.807, 2.05) is 36.4 Å². The predicted octanol–water partition coefficient (Wildman–Crippen LogP) is 5.56. The minimum atomic E-state index is -0.107. The Balaban J connectivity index is 1.11. The minimum absolute atomic E-state index is 0.107. The quantitative estimate of drug-likeness (QED) is 0.347. The van der Waals surface area contributed by atoms with E-state index in [9.17, 15) is 4.79 Å². The van der Waals surface area contributed by atoms with Gasteiger partial charge in [-0.2, -0.15) is 0 Å². The second-order valence-electron chi connectivity index (χ2n) is 9.58. The van der Waals surface area contributed by atoms with E-state index in [0.29, 0.717) is 18.0 Å². The maximum atomic E-state index is 12.6. The zero-order valence-electron chi connectivity index (χ0n) is 21.4. The van der Waals surface area contributed by atoms with Crippen LogP contribution in [-0.2, 0) is 13.1 Å². The Morgan fingerprint density at radius 2 is 1.65 bits per heavy atom. The molecule has 0 unspecified atom stereocenters. The minimum Gasteiger partial charge on any atom is -0.493 e. The van der Waals surface area contributed by atoms with Gasteiger partial charge in [-0.05, 0) is 72.8 Å². The molecule has 190 valence electrons. The van der Waals surface area contributed by atoms with Crippen molar-refractivity contribution in [1.82, 2.24) is 15.2 Å². The van der Waals surface area contributed by atoms with Gasteiger partial charge in [-0.25, -0.2) is 0 Å². The lowest BCUT2D eigenvalue weighted by atomic mass is 9.89. The van der Waals surface area contributed by atoms with Crippen LogP contribution in [0.2, 0.25) is 0 Å². The number of carbonyl (C=O) groups excluding carboxylic acids is 1. The second kappa shape index (κ2) is 11.4. The molecule has 3 aromatic carbocycles. The van der Waals surface area contributed by atoms with Gasteiger partial charge in [0.05, 0.1) is 25.3 Å². The van der Waals surface area contributed by atoms with Gasteiger partial charge in [0.15, 0.2) is 11.5 Å². The van der Waals surface area contributed by atoms with Crippen molar-refractivity contribution in [2.45, 2.75) is 31.8 Å². The van der Waals surface area contributed by atoms with Crippen molar-refractivity contribution < 1.29 is 14.3 Å². The van der Waals surface area contributed by atoms with Crippen LogP contribution in [0.15, 0.2) is 79.0 Å². The fourth-order valence-corrected chi connectivity index (χ4v) is 5.05. The average Bonchev–Trinajstić information content (AvgIpc) is 2.96. The normalized spacial score (nSPS) is 14.4. The monoisotopic (exact) mass is 495 g/mol. The molecule has 0 aliphatic carbocycles. The number of methoxy groups -OCH3 is 2. The van der Waals surface area contributed by atoms with Crippen molar-refractivity contribution in [3.63, 3.8) is 0 Å². The van der Waals surface area contributed by atoms with Crippen molar-refractivity contribution >= 4 is 16.8 Å². The first kappa shape index (κ1) is 24.8. The van der Waals surface area contributed by atoms with Gasteiger partial charge in [-0.15, -0.1) is 0 Å². The number of para-hydroxylation sites is 1. The molecular weight excluding hydrogens is 462 g/mol. The molecule has 0 bridgehead atoms. The summed E-state index contributed by atoms with van der Waals surface area (Å²) in [6.07, 6.45) is 3.91. The summed E-state index contributed by atoms with van der Waals surface area (Å²) in [4.78, 5) is 19.5. The number of nitrogens with one attached hydrogen (secondary N) is 1. The molecule has 6 nitrogen and oxygen atoms in total. The first-order valence-corrected chi connectivity index (χ1v) is 12.8. The number of hydrogen-bond acceptors (Lipinski definition) is 5. The van der Waals surface area contributed by atoms with E-state index >= 15 is 0 Å². The lowest BCUT2D eigenvalue weighted by Gasteiger charge is -2.32. The average molecular weight is 496 g/mol. The highest BCUT2D eigenvalue weighted by atomic mass is 16.5. The number of fused-ring (bicyclic) bond motifs is 1. The molecule has 1 fully saturated rings. The molecular formula is C31H33N3O3. The number of nitrogens with zero attached hydrogens (tertiary/aromatic N) is 2. The maximum absolute atomic E-state index is 12.6. The van der Waals surface area contributed by atoms with Crippen LogP contribution in [0.5, 0.6) is 11.5 Å². The number of aromatic nitrogens is 1. The molecule has 1 saturated heterocycles. The Hall–Kier alpha value is -3.90. The van der Waals surface area contributed by atoms with Crippen molar-refractivity contribution in [1.29, 1.82) is 0 Å². The van der Waals surface area contributed by atoms with E-state index in [4.69, 9.17) is 9.47 Å². The molecule has 0 saturated carbocycles. The summed E-state index contributed by atoms with van der Waals surface area (Å²) in [5.41, 5.74) is 5.18. The summed E-state index contributed by atoms with van der Waals surface area (Å²) < 4.78 is 10.8. The van der Waals surface area contributed by atoms with Gasteiger partial charge in [0.1, 0.15) is 0 Å². The number of hydrogen-bond donors (Lipinski definition) is 1. The largest absolute Gasteiger partial charge is 0.493 e. The first-order valence-electron chi connectivity index (χ1n) is 12.8. The van der Waals surface area contributed by atoms with Crippen molar-refractivity contribution in [3.8, 4) is 11.5 Å². The van der Waals surface area contributed by atoms with E-state index in [2.05, 4.69) is 51.6 Å². The summed E-state index contributed by atoms with van der Waals surface area (Å²) in [7, 11) is 3.34. The Kier molecular flexibility index (Phi) is 7.66. The van der Waals surface area contributed by atoms with E-state index < -0.39 is 0 Å². The lowest BCUT2D eigenvalue weighted by molar-refractivity contribution is 0.0950. The topological polar surface area (TPSA) is 63.7 Å². The molecule has 0 spiro atoms. The second-order valence-corrected chi connectivity index (χ2v) is 9.58. The van der Waals surface area contributed by atoms with Gasteiger partial charge in [0.2, 0.25) is 0 Å². The van der Waals surface area contributed by atoms with Gasteiger partial charge in [0.25, 0.3) is 5.91 Å². The van der Waals surface area contributed by atoms with E-state index in [0.717, 1.165) is 60.4 Å². The van der Waals surface area contributed by atoms with Crippen molar-refractivity contribution in [2.24, 2.45) is 0 Å². The maximum Gasteiger partial charge on any atom is 0.253 e. The van der Waals surface area contributed by atoms with E-state index in [1.54, 1.807) is 20.4 Å². The Labute approximate surface area is 218 Å². The molecule has 1 aliphatic rings. The number of carbonyl (C=O) groups is 1. The van der Waals surface area contributed by atoms with Crippen molar-refractivity contribution in [2.75, 3.05) is 27.3 Å². The van der Waals surface area contributed by atoms with Crippen LogP contribution in [0.3, 0.4) is 0 Å². The van der Waals surface area contributed by atoms with Crippen LogP contribution in [0.4, 0.5) is 0 Å². The summed E-state index contributed by atoms with van der Waals surface area (Å²) in [5.74, 6) is 2.00. The van der Waals surface area contributed by atoms with Crippen LogP contribution in [0.25, 0.3) is 10.9 Å². The van der Waals surface area contributed by atoms with Crippen molar-refractivity contribution in [3.05, 3.63) is 101 Å². The van der Waals surface area contributed by atoms with Gasteiger partial charge < -0.3 is 14.8 Å². The molecule has 1 amide bonds. The Morgan fingerprint density at radius 3 is 2.41 bits per heavy atom. The Morgan fingerprint density at radius 1 is 0.919 bits per heavy atom. The summed E-state index contributed by atoms with van der Waals surface area (Å²) in [6, 6.07) is 24.6. The highest BCUT2D eigenvalue weighted by molar-refractivity contribution is 5.97. The molecule has 0 atom stereocenters. The summed E-state index contributed by atoms with van der Waals surface area (Å²) in [6.45, 7) is 3.54.